The van der Waals surface area contributed by atoms with Crippen molar-refractivity contribution in [1.29, 1.82) is 0 Å². The van der Waals surface area contributed by atoms with E-state index < -0.39 is 11.0 Å². The van der Waals surface area contributed by atoms with E-state index in [0.29, 0.717) is 17.2 Å². The summed E-state index contributed by atoms with van der Waals surface area (Å²) in [6.45, 7) is 9.69. The molecule has 8 heteroatoms. The number of H-pyrrole nitrogens is 1. The molecule has 4 aromatic rings. The van der Waals surface area contributed by atoms with Crippen LogP contribution >= 0.6 is 0 Å². The SMILES string of the molecule is C=C(C)c1ccccc1N.C=C(Nc1ccc([N+](=O)[O-])cc1)C(N)c1ncc(-c2ccccc2)[nH]1. The Morgan fingerprint density at radius 3 is 2.23 bits per heavy atom. The van der Waals surface area contributed by atoms with E-state index in [1.165, 1.54) is 12.1 Å². The zero-order chi connectivity index (χ0) is 25.4. The molecule has 0 aliphatic carbocycles. The quantitative estimate of drug-likeness (QED) is 0.151. The van der Waals surface area contributed by atoms with Crippen molar-refractivity contribution in [3.05, 3.63) is 125 Å². The number of nitrogen functional groups attached to an aromatic ring is 1. The first kappa shape index (κ1) is 24.9. The molecule has 0 aliphatic rings. The molecule has 0 radical (unpaired) electrons. The van der Waals surface area contributed by atoms with Crippen molar-refractivity contribution in [1.82, 2.24) is 9.97 Å². The number of nitrogens with two attached hydrogens (primary N) is 2. The van der Waals surface area contributed by atoms with Gasteiger partial charge in [0.1, 0.15) is 11.9 Å². The highest BCUT2D eigenvalue weighted by Gasteiger charge is 2.15. The predicted octanol–water partition coefficient (Wildman–Crippen LogP) is 5.91. The van der Waals surface area contributed by atoms with Crippen molar-refractivity contribution in [2.75, 3.05) is 11.1 Å². The number of anilines is 2. The number of nitrogens with zero attached hydrogens (tertiary/aromatic N) is 2. The Morgan fingerprint density at radius 2 is 1.66 bits per heavy atom. The smallest absolute Gasteiger partial charge is 0.269 e. The largest absolute Gasteiger partial charge is 0.398 e. The molecule has 0 fully saturated rings. The van der Waals surface area contributed by atoms with Crippen LogP contribution in [0, 0.1) is 10.1 Å². The first-order valence-electron chi connectivity index (χ1n) is 10.8. The van der Waals surface area contributed by atoms with Gasteiger partial charge in [-0.15, -0.1) is 0 Å². The molecule has 1 heterocycles. The molecular formula is C27H28N6O2. The summed E-state index contributed by atoms with van der Waals surface area (Å²) >= 11 is 0. The van der Waals surface area contributed by atoms with Crippen molar-refractivity contribution in [3.63, 3.8) is 0 Å². The van der Waals surface area contributed by atoms with Crippen LogP contribution in [-0.4, -0.2) is 14.9 Å². The number of non-ortho nitro benzene ring substituents is 1. The summed E-state index contributed by atoms with van der Waals surface area (Å²) in [5, 5.41) is 13.7. The maximum absolute atomic E-state index is 10.7. The van der Waals surface area contributed by atoms with Gasteiger partial charge in [-0.2, -0.15) is 0 Å². The average molecular weight is 469 g/mol. The Morgan fingerprint density at radius 1 is 1.03 bits per heavy atom. The Bertz CT molecular complexity index is 1310. The van der Waals surface area contributed by atoms with Crippen LogP contribution in [0.5, 0.6) is 0 Å². The lowest BCUT2D eigenvalue weighted by Gasteiger charge is -2.15. The van der Waals surface area contributed by atoms with Crippen molar-refractivity contribution >= 4 is 22.6 Å². The monoisotopic (exact) mass is 468 g/mol. The van der Waals surface area contributed by atoms with Crippen LogP contribution in [0.4, 0.5) is 17.1 Å². The number of aromatic amines is 1. The predicted molar refractivity (Wildman–Crippen MR) is 142 cm³/mol. The number of nitrogens with one attached hydrogen (secondary N) is 2. The molecule has 35 heavy (non-hydrogen) atoms. The number of nitro groups is 1. The van der Waals surface area contributed by atoms with E-state index in [9.17, 15) is 10.1 Å². The Balaban J connectivity index is 0.000000287. The van der Waals surface area contributed by atoms with Crippen LogP contribution < -0.4 is 16.8 Å². The molecule has 1 atom stereocenters. The number of benzene rings is 3. The summed E-state index contributed by atoms with van der Waals surface area (Å²) in [5.74, 6) is 0.582. The van der Waals surface area contributed by atoms with Gasteiger partial charge in [0.25, 0.3) is 5.69 Å². The number of imidazole rings is 1. The highest BCUT2D eigenvalue weighted by Crippen LogP contribution is 2.23. The van der Waals surface area contributed by atoms with E-state index in [1.54, 1.807) is 18.3 Å². The second kappa shape index (κ2) is 11.4. The number of allylic oxidation sites excluding steroid dienone is 1. The summed E-state index contributed by atoms with van der Waals surface area (Å²) < 4.78 is 0. The van der Waals surface area contributed by atoms with Gasteiger partial charge in [-0.1, -0.05) is 61.7 Å². The van der Waals surface area contributed by atoms with Gasteiger partial charge in [0.15, 0.2) is 0 Å². The standard InChI is InChI=1S/C18H17N5O2.C9H11N/c1-12(21-14-7-9-15(10-8-14)23(24)25)17(19)18-20-11-16(22-18)13-5-3-2-4-6-13;1-7(2)8-5-3-4-6-9(8)10/h2-11,17,21H,1,19H2,(H,20,22);3-6H,1,10H2,2H3. The fourth-order valence-corrected chi connectivity index (χ4v) is 3.24. The lowest BCUT2D eigenvalue weighted by atomic mass is 10.1. The summed E-state index contributed by atoms with van der Waals surface area (Å²) in [4.78, 5) is 17.8. The third-order valence-electron chi connectivity index (χ3n) is 5.15. The second-order valence-corrected chi connectivity index (χ2v) is 7.85. The minimum Gasteiger partial charge on any atom is -0.398 e. The number of hydrogen-bond acceptors (Lipinski definition) is 6. The van der Waals surface area contributed by atoms with Gasteiger partial charge < -0.3 is 21.8 Å². The summed E-state index contributed by atoms with van der Waals surface area (Å²) in [7, 11) is 0. The molecule has 178 valence electrons. The van der Waals surface area contributed by atoms with Crippen molar-refractivity contribution in [2.45, 2.75) is 13.0 Å². The number of rotatable bonds is 7. The molecule has 8 nitrogen and oxygen atoms in total. The first-order chi connectivity index (χ1) is 16.8. The molecule has 1 unspecified atom stereocenters. The number of aromatic nitrogens is 2. The molecule has 4 rings (SSSR count). The highest BCUT2D eigenvalue weighted by atomic mass is 16.6. The molecule has 1 aromatic heterocycles. The number of nitro benzene ring substituents is 1. The van der Waals surface area contributed by atoms with Gasteiger partial charge in [-0.3, -0.25) is 10.1 Å². The van der Waals surface area contributed by atoms with Crippen molar-refractivity contribution in [3.8, 4) is 11.3 Å². The summed E-state index contributed by atoms with van der Waals surface area (Å²) in [5.41, 5.74) is 17.8. The molecule has 0 saturated heterocycles. The van der Waals surface area contributed by atoms with Crippen LogP contribution in [0.25, 0.3) is 16.8 Å². The minimum atomic E-state index is -0.548. The van der Waals surface area contributed by atoms with Gasteiger partial charge in [0, 0.05) is 29.2 Å². The second-order valence-electron chi connectivity index (χ2n) is 7.85. The fraction of sp³-hybridized carbons (Fsp3) is 0.0741. The van der Waals surface area contributed by atoms with Gasteiger partial charge in [0.05, 0.1) is 16.8 Å². The molecule has 0 bridgehead atoms. The van der Waals surface area contributed by atoms with E-state index in [2.05, 4.69) is 28.4 Å². The average Bonchev–Trinajstić information content (AvgIpc) is 3.35. The van der Waals surface area contributed by atoms with Crippen LogP contribution in [0.15, 0.2) is 104 Å². The van der Waals surface area contributed by atoms with Crippen LogP contribution in [0.3, 0.4) is 0 Å². The molecule has 0 saturated carbocycles. The van der Waals surface area contributed by atoms with E-state index in [-0.39, 0.29) is 5.69 Å². The topological polar surface area (TPSA) is 136 Å². The third-order valence-corrected chi connectivity index (χ3v) is 5.15. The molecular weight excluding hydrogens is 440 g/mol. The Labute approximate surface area is 204 Å². The highest BCUT2D eigenvalue weighted by molar-refractivity contribution is 5.72. The van der Waals surface area contributed by atoms with Gasteiger partial charge in [-0.25, -0.2) is 4.98 Å². The maximum atomic E-state index is 10.7. The molecule has 0 spiro atoms. The van der Waals surface area contributed by atoms with Gasteiger partial charge in [-0.05, 0) is 41.8 Å². The summed E-state index contributed by atoms with van der Waals surface area (Å²) in [6, 6.07) is 23.0. The fourth-order valence-electron chi connectivity index (χ4n) is 3.24. The molecule has 0 aliphatic heterocycles. The van der Waals surface area contributed by atoms with Crippen LogP contribution in [0.2, 0.25) is 0 Å². The zero-order valence-electron chi connectivity index (χ0n) is 19.4. The lowest BCUT2D eigenvalue weighted by Crippen LogP contribution is -2.19. The minimum absolute atomic E-state index is 0.0269. The molecule has 6 N–H and O–H groups in total. The van der Waals surface area contributed by atoms with Crippen molar-refractivity contribution in [2.24, 2.45) is 5.73 Å². The molecule has 3 aromatic carbocycles. The lowest BCUT2D eigenvalue weighted by molar-refractivity contribution is -0.384. The first-order valence-corrected chi connectivity index (χ1v) is 10.8. The third kappa shape index (κ3) is 6.66. The Kier molecular flexibility index (Phi) is 8.15. The van der Waals surface area contributed by atoms with Gasteiger partial charge >= 0.3 is 0 Å². The van der Waals surface area contributed by atoms with Crippen LogP contribution in [-0.2, 0) is 0 Å². The Hall–Kier alpha value is -4.69. The van der Waals surface area contributed by atoms with E-state index in [1.807, 2.05) is 61.5 Å². The van der Waals surface area contributed by atoms with Crippen LogP contribution in [0.1, 0.15) is 24.4 Å². The number of para-hydroxylation sites is 1. The molecule has 0 amide bonds. The summed E-state index contributed by atoms with van der Waals surface area (Å²) in [6.07, 6.45) is 1.73. The van der Waals surface area contributed by atoms with Crippen molar-refractivity contribution < 1.29 is 4.92 Å². The number of hydrogen-bond donors (Lipinski definition) is 4. The van der Waals surface area contributed by atoms with E-state index in [4.69, 9.17) is 11.5 Å². The van der Waals surface area contributed by atoms with E-state index >= 15 is 0 Å². The van der Waals surface area contributed by atoms with Gasteiger partial charge in [0.2, 0.25) is 0 Å². The zero-order valence-corrected chi connectivity index (χ0v) is 19.4. The maximum Gasteiger partial charge on any atom is 0.269 e. The van der Waals surface area contributed by atoms with E-state index in [0.717, 1.165) is 28.1 Å². The normalized spacial score (nSPS) is 11.0.